The van der Waals surface area contributed by atoms with Crippen LogP contribution in [0.3, 0.4) is 0 Å². The van der Waals surface area contributed by atoms with E-state index in [9.17, 15) is 4.79 Å². The Balaban J connectivity index is 1.50. The molecule has 29 heavy (non-hydrogen) atoms. The number of carbonyl (C=O) groups is 1. The molecule has 2 unspecified atom stereocenters. The third-order valence-corrected chi connectivity index (χ3v) is 5.67. The zero-order chi connectivity index (χ0) is 20.4. The molecule has 1 aliphatic rings. The predicted octanol–water partition coefficient (Wildman–Crippen LogP) is 6.55. The van der Waals surface area contributed by atoms with Crippen molar-refractivity contribution in [3.05, 3.63) is 87.7 Å². The first-order valence-corrected chi connectivity index (χ1v) is 10.3. The molecule has 3 aromatic rings. The Morgan fingerprint density at radius 2 is 1.97 bits per heavy atom. The molecule has 1 amide bonds. The van der Waals surface area contributed by atoms with E-state index < -0.39 is 0 Å². The van der Waals surface area contributed by atoms with Gasteiger partial charge in [0.25, 0.3) is 0 Å². The summed E-state index contributed by atoms with van der Waals surface area (Å²) >= 11 is 12.1. The van der Waals surface area contributed by atoms with Crippen molar-refractivity contribution >= 4 is 35.2 Å². The van der Waals surface area contributed by atoms with Crippen LogP contribution in [0, 0.1) is 5.92 Å². The molecule has 0 spiro atoms. The van der Waals surface area contributed by atoms with Crippen LogP contribution in [0.25, 0.3) is 6.08 Å². The zero-order valence-electron chi connectivity index (χ0n) is 16.0. The number of amides is 1. The molecule has 0 radical (unpaired) electrons. The van der Waals surface area contributed by atoms with Crippen LogP contribution in [0.5, 0.6) is 0 Å². The second-order valence-electron chi connectivity index (χ2n) is 7.40. The fourth-order valence-electron chi connectivity index (χ4n) is 3.29. The summed E-state index contributed by atoms with van der Waals surface area (Å²) < 4.78 is 11.4. The minimum Gasteiger partial charge on any atom is -0.467 e. The van der Waals surface area contributed by atoms with Crippen LogP contribution in [-0.4, -0.2) is 10.8 Å². The van der Waals surface area contributed by atoms with Crippen LogP contribution in [-0.2, 0) is 17.9 Å². The maximum atomic E-state index is 12.9. The van der Waals surface area contributed by atoms with Crippen molar-refractivity contribution in [2.24, 2.45) is 5.92 Å². The van der Waals surface area contributed by atoms with E-state index >= 15 is 0 Å². The number of halogens is 2. The Labute approximate surface area is 179 Å². The maximum absolute atomic E-state index is 12.9. The molecule has 0 N–H and O–H groups in total. The summed E-state index contributed by atoms with van der Waals surface area (Å²) in [6.45, 7) is 2.92. The Hall–Kier alpha value is -2.43. The molecule has 6 heteroatoms. The minimum atomic E-state index is -0.162. The van der Waals surface area contributed by atoms with Crippen LogP contribution < -0.4 is 0 Å². The quantitative estimate of drug-likeness (QED) is 0.400. The molecular formula is C23H21Cl2NO3. The van der Waals surface area contributed by atoms with Gasteiger partial charge in [0.2, 0.25) is 5.91 Å². The Bertz CT molecular complexity index is 1020. The number of rotatable bonds is 7. The van der Waals surface area contributed by atoms with E-state index in [1.807, 2.05) is 18.2 Å². The molecule has 1 saturated carbocycles. The van der Waals surface area contributed by atoms with Crippen LogP contribution in [0.15, 0.2) is 63.6 Å². The van der Waals surface area contributed by atoms with E-state index in [4.69, 9.17) is 32.0 Å². The van der Waals surface area contributed by atoms with Gasteiger partial charge in [-0.1, -0.05) is 36.2 Å². The third-order valence-electron chi connectivity index (χ3n) is 5.11. The fourth-order valence-corrected chi connectivity index (χ4v) is 3.76. The second kappa shape index (κ2) is 8.52. The summed E-state index contributed by atoms with van der Waals surface area (Å²) in [7, 11) is 0. The van der Waals surface area contributed by atoms with E-state index in [1.54, 1.807) is 41.5 Å². The van der Waals surface area contributed by atoms with Crippen molar-refractivity contribution in [3.63, 3.8) is 0 Å². The Morgan fingerprint density at radius 1 is 1.17 bits per heavy atom. The SMILES string of the molecule is CC1CC1c1ccc(CN(Cc2ccco2)C(=O)/C=C/c2ccc(Cl)cc2Cl)o1. The highest BCUT2D eigenvalue weighted by Gasteiger charge is 2.36. The largest absolute Gasteiger partial charge is 0.467 e. The van der Waals surface area contributed by atoms with E-state index in [0.717, 1.165) is 23.5 Å². The molecule has 2 aromatic heterocycles. The summed E-state index contributed by atoms with van der Waals surface area (Å²) in [5, 5.41) is 1.05. The van der Waals surface area contributed by atoms with Crippen molar-refractivity contribution in [1.29, 1.82) is 0 Å². The average molecular weight is 430 g/mol. The van der Waals surface area contributed by atoms with Gasteiger partial charge < -0.3 is 13.7 Å². The third kappa shape index (κ3) is 4.95. The van der Waals surface area contributed by atoms with Crippen molar-refractivity contribution in [1.82, 2.24) is 4.90 Å². The van der Waals surface area contributed by atoms with Crippen LogP contribution >= 0.6 is 23.2 Å². The molecule has 150 valence electrons. The summed E-state index contributed by atoms with van der Waals surface area (Å²) in [4.78, 5) is 14.6. The Morgan fingerprint density at radius 3 is 2.66 bits per heavy atom. The van der Waals surface area contributed by atoms with Gasteiger partial charge in [0, 0.05) is 22.0 Å². The molecule has 2 heterocycles. The summed E-state index contributed by atoms with van der Waals surface area (Å²) in [5.74, 6) is 3.48. The molecule has 1 aromatic carbocycles. The van der Waals surface area contributed by atoms with Crippen LogP contribution in [0.4, 0.5) is 0 Å². The molecule has 4 rings (SSSR count). The summed E-state index contributed by atoms with van der Waals surface area (Å²) in [5.41, 5.74) is 0.727. The lowest BCUT2D eigenvalue weighted by Gasteiger charge is -2.19. The normalized spacial score (nSPS) is 18.3. The molecule has 2 atom stereocenters. The topological polar surface area (TPSA) is 46.6 Å². The summed E-state index contributed by atoms with van der Waals surface area (Å²) in [6, 6.07) is 12.8. The fraction of sp³-hybridized carbons (Fsp3) is 0.261. The Kier molecular flexibility index (Phi) is 5.84. The monoisotopic (exact) mass is 429 g/mol. The molecule has 0 bridgehead atoms. The number of hydrogen-bond donors (Lipinski definition) is 0. The first-order chi connectivity index (χ1) is 14.0. The standard InChI is InChI=1S/C23H21Cl2NO3/c1-15-11-20(15)22-8-7-19(29-22)14-26(13-18-3-2-10-28-18)23(27)9-5-16-4-6-17(24)12-21(16)25/h2-10,12,15,20H,11,13-14H2,1H3/b9-5+. The first kappa shape index (κ1) is 19.9. The highest BCUT2D eigenvalue weighted by atomic mass is 35.5. The number of benzene rings is 1. The lowest BCUT2D eigenvalue weighted by molar-refractivity contribution is -0.127. The van der Waals surface area contributed by atoms with E-state index in [1.165, 1.54) is 6.08 Å². The predicted molar refractivity (Wildman–Crippen MR) is 114 cm³/mol. The first-order valence-electron chi connectivity index (χ1n) is 9.52. The van der Waals surface area contributed by atoms with Crippen molar-refractivity contribution in [2.45, 2.75) is 32.4 Å². The number of nitrogens with zero attached hydrogens (tertiary/aromatic N) is 1. The van der Waals surface area contributed by atoms with Gasteiger partial charge in [-0.2, -0.15) is 0 Å². The maximum Gasteiger partial charge on any atom is 0.247 e. The van der Waals surface area contributed by atoms with Gasteiger partial charge in [-0.05, 0) is 60.4 Å². The molecule has 0 saturated heterocycles. The number of furan rings is 2. The van der Waals surface area contributed by atoms with Crippen molar-refractivity contribution in [3.8, 4) is 0 Å². The lowest BCUT2D eigenvalue weighted by Crippen LogP contribution is -2.28. The van der Waals surface area contributed by atoms with Gasteiger partial charge in [-0.25, -0.2) is 0 Å². The molecule has 0 aliphatic heterocycles. The van der Waals surface area contributed by atoms with E-state index in [-0.39, 0.29) is 5.91 Å². The molecule has 1 fully saturated rings. The molecule has 4 nitrogen and oxygen atoms in total. The zero-order valence-corrected chi connectivity index (χ0v) is 17.5. The number of hydrogen-bond acceptors (Lipinski definition) is 3. The van der Waals surface area contributed by atoms with E-state index in [0.29, 0.717) is 40.7 Å². The van der Waals surface area contributed by atoms with E-state index in [2.05, 4.69) is 6.92 Å². The highest BCUT2D eigenvalue weighted by molar-refractivity contribution is 6.35. The van der Waals surface area contributed by atoms with Crippen molar-refractivity contribution < 1.29 is 13.6 Å². The van der Waals surface area contributed by atoms with Gasteiger partial charge in [-0.15, -0.1) is 0 Å². The highest BCUT2D eigenvalue weighted by Crippen LogP contribution is 2.47. The smallest absolute Gasteiger partial charge is 0.247 e. The van der Waals surface area contributed by atoms with Crippen LogP contribution in [0.1, 0.15) is 42.1 Å². The van der Waals surface area contributed by atoms with Crippen LogP contribution in [0.2, 0.25) is 10.0 Å². The molecular weight excluding hydrogens is 409 g/mol. The van der Waals surface area contributed by atoms with Gasteiger partial charge in [-0.3, -0.25) is 4.79 Å². The minimum absolute atomic E-state index is 0.162. The number of carbonyl (C=O) groups excluding carboxylic acids is 1. The second-order valence-corrected chi connectivity index (χ2v) is 8.24. The van der Waals surface area contributed by atoms with Gasteiger partial charge in [0.05, 0.1) is 19.4 Å². The summed E-state index contributed by atoms with van der Waals surface area (Å²) in [6.07, 6.45) is 5.95. The average Bonchev–Trinajstić information content (AvgIpc) is 3.09. The molecule has 1 aliphatic carbocycles. The van der Waals surface area contributed by atoms with Gasteiger partial charge >= 0.3 is 0 Å². The van der Waals surface area contributed by atoms with Crippen molar-refractivity contribution in [2.75, 3.05) is 0 Å². The van der Waals surface area contributed by atoms with Gasteiger partial charge in [0.15, 0.2) is 0 Å². The van der Waals surface area contributed by atoms with Gasteiger partial charge in [0.1, 0.15) is 17.3 Å². The lowest BCUT2D eigenvalue weighted by atomic mass is 10.2.